The van der Waals surface area contributed by atoms with Crippen LogP contribution >= 0.6 is 0 Å². The van der Waals surface area contributed by atoms with Gasteiger partial charge in [0.2, 0.25) is 0 Å². The molecule has 317 valence electrons. The predicted octanol–water partition coefficient (Wildman–Crippen LogP) is 14.9. The van der Waals surface area contributed by atoms with Gasteiger partial charge in [-0.05, 0) is 87.6 Å². The average Bonchev–Trinajstić information content (AvgIpc) is 3.82. The first-order valence-electron chi connectivity index (χ1n) is 21.8. The van der Waals surface area contributed by atoms with E-state index in [0.29, 0.717) is 17.8 Å². The summed E-state index contributed by atoms with van der Waals surface area (Å²) in [5.41, 5.74) is 15.7. The topological polar surface area (TPSA) is 43.9 Å². The summed E-state index contributed by atoms with van der Waals surface area (Å²) in [6.07, 6.45) is 3.24. The summed E-state index contributed by atoms with van der Waals surface area (Å²) in [7, 11) is -1.35. The average molecular weight is 1010 g/mol. The minimum absolute atomic E-state index is 0. The van der Waals surface area contributed by atoms with Crippen LogP contribution in [0.1, 0.15) is 75.6 Å². The van der Waals surface area contributed by atoms with Crippen LogP contribution in [0.2, 0.25) is 19.6 Å². The number of aryl methyl sites for hydroxylation is 1. The van der Waals surface area contributed by atoms with E-state index < -0.39 is 8.07 Å². The zero-order chi connectivity index (χ0) is 43.0. The van der Waals surface area contributed by atoms with Gasteiger partial charge in [0.05, 0.1) is 30.5 Å². The molecule has 3 aromatic heterocycles. The number of furan rings is 1. The zero-order valence-electron chi connectivity index (χ0n) is 37.7. The Hall–Kier alpha value is -5.39. The van der Waals surface area contributed by atoms with Crippen LogP contribution in [0.5, 0.6) is 0 Å². The van der Waals surface area contributed by atoms with Crippen LogP contribution in [0.3, 0.4) is 0 Å². The van der Waals surface area contributed by atoms with E-state index in [1.807, 2.05) is 24.3 Å². The number of fused-ring (bicyclic) bond motifs is 4. The molecule has 0 saturated carbocycles. The second-order valence-corrected chi connectivity index (χ2v) is 23.5. The number of nitrogens with zero attached hydrogens (tertiary/aromatic N) is 3. The molecule has 62 heavy (non-hydrogen) atoms. The Labute approximate surface area is 382 Å². The summed E-state index contributed by atoms with van der Waals surface area (Å²) >= 11 is 0. The summed E-state index contributed by atoms with van der Waals surface area (Å²) in [5.74, 6) is 2.12. The van der Waals surface area contributed by atoms with Crippen LogP contribution in [-0.4, -0.2) is 22.6 Å². The quantitative estimate of drug-likeness (QED) is 0.107. The summed E-state index contributed by atoms with van der Waals surface area (Å²) in [5, 5.41) is 3.68. The van der Waals surface area contributed by atoms with E-state index in [2.05, 4.69) is 194 Å². The molecule has 0 aliphatic carbocycles. The number of para-hydroxylation sites is 3. The Morgan fingerprint density at radius 2 is 1.39 bits per heavy atom. The van der Waals surface area contributed by atoms with Crippen molar-refractivity contribution < 1.29 is 24.5 Å². The number of pyridine rings is 1. The third kappa shape index (κ3) is 9.06. The maximum absolute atomic E-state index is 6.47. The molecule has 0 bridgehead atoms. The fraction of sp³-hybridized carbons (Fsp3) is 0.250. The SMILES string of the molecule is CC(C)c1cc(-c2ccccc2)cc(C(C)C)c1-n1c(-c2[c-]ccc3c2oc2ccccc23)nc2ccccc21.Cc1c[c-]c(-c2cc(CC(C)C)c([Si](C)(C)C)cn2)cc1.[Ir]. The van der Waals surface area contributed by atoms with Crippen LogP contribution in [0.25, 0.3) is 72.4 Å². The molecule has 3 heterocycles. The molecule has 0 aliphatic heterocycles. The summed E-state index contributed by atoms with van der Waals surface area (Å²) in [4.78, 5) is 9.95. The molecule has 0 unspecified atom stereocenters. The fourth-order valence-corrected chi connectivity index (χ4v) is 10.1. The minimum Gasteiger partial charge on any atom is -0.501 e. The van der Waals surface area contributed by atoms with Crippen molar-refractivity contribution >= 4 is 46.2 Å². The van der Waals surface area contributed by atoms with Crippen molar-refractivity contribution in [2.24, 2.45) is 5.92 Å². The Balaban J connectivity index is 0.000000223. The van der Waals surface area contributed by atoms with E-state index in [4.69, 9.17) is 14.4 Å². The first-order chi connectivity index (χ1) is 29.3. The van der Waals surface area contributed by atoms with Crippen molar-refractivity contribution in [2.45, 2.75) is 86.4 Å². The smallest absolute Gasteiger partial charge is 0.120 e. The van der Waals surface area contributed by atoms with Crippen molar-refractivity contribution in [3.8, 4) is 39.5 Å². The van der Waals surface area contributed by atoms with Crippen LogP contribution in [0, 0.1) is 25.0 Å². The van der Waals surface area contributed by atoms with Crippen LogP contribution in [-0.2, 0) is 26.5 Å². The van der Waals surface area contributed by atoms with E-state index in [1.165, 1.54) is 44.3 Å². The zero-order valence-corrected chi connectivity index (χ0v) is 41.1. The predicted molar refractivity (Wildman–Crippen MR) is 261 cm³/mol. The summed E-state index contributed by atoms with van der Waals surface area (Å²) < 4.78 is 8.83. The normalized spacial score (nSPS) is 11.8. The second kappa shape index (κ2) is 18.5. The van der Waals surface area contributed by atoms with Crippen LogP contribution < -0.4 is 5.19 Å². The van der Waals surface area contributed by atoms with E-state index in [1.54, 1.807) is 0 Å². The van der Waals surface area contributed by atoms with Gasteiger partial charge >= 0.3 is 0 Å². The van der Waals surface area contributed by atoms with E-state index in [0.717, 1.165) is 62.0 Å². The van der Waals surface area contributed by atoms with Crippen molar-refractivity contribution in [3.63, 3.8) is 0 Å². The van der Waals surface area contributed by atoms with Gasteiger partial charge in [-0.15, -0.1) is 53.6 Å². The van der Waals surface area contributed by atoms with E-state index in [9.17, 15) is 0 Å². The maximum atomic E-state index is 6.47. The van der Waals surface area contributed by atoms with Gasteiger partial charge in [0.15, 0.2) is 0 Å². The molecule has 0 spiro atoms. The number of hydrogen-bond donors (Lipinski definition) is 0. The second-order valence-electron chi connectivity index (χ2n) is 18.5. The molecule has 0 N–H and O–H groups in total. The van der Waals surface area contributed by atoms with Crippen molar-refractivity contribution in [3.05, 3.63) is 168 Å². The van der Waals surface area contributed by atoms with Crippen molar-refractivity contribution in [2.75, 3.05) is 0 Å². The van der Waals surface area contributed by atoms with Crippen molar-refractivity contribution in [1.29, 1.82) is 0 Å². The van der Waals surface area contributed by atoms with Gasteiger partial charge < -0.3 is 14.0 Å². The van der Waals surface area contributed by atoms with Gasteiger partial charge in [0, 0.05) is 37.4 Å². The van der Waals surface area contributed by atoms with Gasteiger partial charge in [-0.2, -0.15) is 0 Å². The molecule has 0 amide bonds. The third-order valence-corrected chi connectivity index (χ3v) is 13.6. The molecular weight excluding hydrogens is 951 g/mol. The molecule has 6 aromatic carbocycles. The van der Waals surface area contributed by atoms with Gasteiger partial charge in [0.1, 0.15) is 5.58 Å². The first kappa shape index (κ1) is 44.7. The fourth-order valence-electron chi connectivity index (χ4n) is 8.48. The Morgan fingerprint density at radius 1 is 0.710 bits per heavy atom. The van der Waals surface area contributed by atoms with E-state index in [-0.39, 0.29) is 20.1 Å². The number of hydrogen-bond acceptors (Lipinski definition) is 3. The van der Waals surface area contributed by atoms with Crippen molar-refractivity contribution in [1.82, 2.24) is 14.5 Å². The Bertz CT molecular complexity index is 2940. The van der Waals surface area contributed by atoms with Gasteiger partial charge in [-0.3, -0.25) is 4.98 Å². The molecule has 1 radical (unpaired) electrons. The standard InChI is InChI=1S/C37H31N2O.C19H26NSi.Ir/c1-23(2)30-21-26(25-13-6-5-7-14-25)22-31(24(3)4)35(30)39-33-19-10-9-18-32(33)38-37(39)29-17-12-16-28-27-15-8-11-20-34(27)40-36(28)29;1-14(2)11-17-12-18(16-9-7-15(3)8-10-16)20-13-19(17)21(4,5)6;/h5-16,18-24H,1-4H3;7-9,12-14H,11H2,1-6H3;/q2*-1;. The molecule has 4 nitrogen and oxygen atoms in total. The first-order valence-corrected chi connectivity index (χ1v) is 25.3. The van der Waals surface area contributed by atoms with Crippen LogP contribution in [0.4, 0.5) is 0 Å². The minimum atomic E-state index is -1.35. The molecule has 9 rings (SSSR count). The molecule has 0 aliphatic rings. The monoisotopic (exact) mass is 1010 g/mol. The maximum Gasteiger partial charge on any atom is 0.120 e. The van der Waals surface area contributed by atoms with E-state index >= 15 is 0 Å². The largest absolute Gasteiger partial charge is 0.501 e. The molecule has 0 saturated heterocycles. The van der Waals surface area contributed by atoms with Gasteiger partial charge in [0.25, 0.3) is 0 Å². The summed E-state index contributed by atoms with van der Waals surface area (Å²) in [6.45, 7) is 23.0. The molecule has 9 aromatic rings. The Kier molecular flexibility index (Phi) is 13.3. The van der Waals surface area contributed by atoms with Gasteiger partial charge in [-0.1, -0.05) is 151 Å². The van der Waals surface area contributed by atoms with Crippen LogP contribution in [0.15, 0.2) is 138 Å². The molecule has 0 atom stereocenters. The molecular formula is C56H57IrN3OSi-2. The number of rotatable bonds is 9. The number of benzene rings is 6. The molecule has 6 heteroatoms. The molecule has 0 fully saturated rings. The number of imidazole rings is 1. The number of aromatic nitrogens is 3. The summed E-state index contributed by atoms with van der Waals surface area (Å²) in [6, 6.07) is 51.5. The Morgan fingerprint density at radius 3 is 2.05 bits per heavy atom. The van der Waals surface area contributed by atoms with Gasteiger partial charge in [-0.25, -0.2) is 0 Å². The third-order valence-electron chi connectivity index (χ3n) is 11.5.